The average Bonchev–Trinajstić information content (AvgIpc) is 0.797. The number of hydrogen-bond acceptors (Lipinski definition) is 8. The maximum absolute atomic E-state index is 7.03. The highest BCUT2D eigenvalue weighted by molar-refractivity contribution is 5.69. The quantitative estimate of drug-likeness (QED) is 0.0408. The predicted octanol–water partition coefficient (Wildman–Crippen LogP) is 24.4. The van der Waals surface area contributed by atoms with Crippen molar-refractivity contribution in [3.63, 3.8) is 0 Å². The second kappa shape index (κ2) is 35.8. The lowest BCUT2D eigenvalue weighted by atomic mass is 9.74. The third-order valence-corrected chi connectivity index (χ3v) is 21.1. The Hall–Kier alpha value is -4.72. The summed E-state index contributed by atoms with van der Waals surface area (Å²) in [6.07, 6.45) is 50.1. The molecule has 9 rings (SSSR count). The van der Waals surface area contributed by atoms with Crippen LogP contribution in [0.5, 0.6) is 46.0 Å². The fourth-order valence-corrected chi connectivity index (χ4v) is 16.1. The highest BCUT2D eigenvalue weighted by Gasteiger charge is 2.40. The van der Waals surface area contributed by atoms with E-state index in [1.54, 1.807) is 0 Å². The van der Waals surface area contributed by atoms with Crippen molar-refractivity contribution in [2.75, 3.05) is 27.2 Å². The molecule has 0 spiro atoms. The van der Waals surface area contributed by atoms with Crippen molar-refractivity contribution in [1.82, 2.24) is 0 Å². The maximum Gasteiger partial charge on any atom is 0.230 e. The van der Waals surface area contributed by atoms with Crippen LogP contribution in [0.3, 0.4) is 0 Å². The van der Waals surface area contributed by atoms with E-state index >= 15 is 0 Å². The summed E-state index contributed by atoms with van der Waals surface area (Å²) in [5.41, 5.74) is 14.2. The number of unbranched alkanes of at least 4 members (excludes halogenated alkanes) is 32. The molecule has 0 radical (unpaired) electrons. The van der Waals surface area contributed by atoms with Gasteiger partial charge < -0.3 is 37.9 Å². The molecule has 0 fully saturated rings. The topological polar surface area (TPSA) is 73.8 Å². The summed E-state index contributed by atoms with van der Waals surface area (Å²) in [7, 11) is 0. The van der Waals surface area contributed by atoms with Crippen LogP contribution in [0.2, 0.25) is 0 Å². The van der Waals surface area contributed by atoms with E-state index in [4.69, 9.17) is 37.9 Å². The van der Waals surface area contributed by atoms with Crippen molar-refractivity contribution < 1.29 is 37.9 Å². The summed E-state index contributed by atoms with van der Waals surface area (Å²) in [6, 6.07) is 10.3. The van der Waals surface area contributed by atoms with E-state index in [1.165, 1.54) is 250 Å². The molecule has 0 N–H and O–H groups in total. The Morgan fingerprint density at radius 3 is 0.500 bits per heavy atom. The van der Waals surface area contributed by atoms with E-state index in [9.17, 15) is 0 Å². The molecule has 1 aliphatic carbocycles. The summed E-state index contributed by atoms with van der Waals surface area (Å²) in [4.78, 5) is 0. The number of hydrogen-bond donors (Lipinski definition) is 0. The fourth-order valence-electron chi connectivity index (χ4n) is 16.1. The highest BCUT2D eigenvalue weighted by Crippen LogP contribution is 2.58. The van der Waals surface area contributed by atoms with Crippen molar-refractivity contribution in [3.05, 3.63) is 91.0 Å². The van der Waals surface area contributed by atoms with Gasteiger partial charge in [0.25, 0.3) is 0 Å². The SMILES string of the molecule is CCCCCCCCCCCC1c2cc3c4c(C)c2OCOc2c1cc1c(c2C)OCOc2c(cc5c(c2C)OCOc2c(cc(c(c2C)OCO4)C3CCCCCCCCCCC)C5CCCCCCCCCCC)C1CCCCCCCCCCC. The summed E-state index contributed by atoms with van der Waals surface area (Å²) in [5.74, 6) is 7.22. The van der Waals surface area contributed by atoms with Gasteiger partial charge in [0.1, 0.15) is 46.0 Å². The Kier molecular flexibility index (Phi) is 27.5. The lowest BCUT2D eigenvalue weighted by Crippen LogP contribution is -2.24. The Morgan fingerprint density at radius 2 is 0.352 bits per heavy atom. The monoisotopic (exact) mass is 1210 g/mol. The zero-order chi connectivity index (χ0) is 61.5. The summed E-state index contributed by atoms with van der Waals surface area (Å²) >= 11 is 0. The van der Waals surface area contributed by atoms with Gasteiger partial charge in [-0.25, -0.2) is 0 Å². The van der Waals surface area contributed by atoms with Crippen LogP contribution in [0.15, 0.2) is 24.3 Å². The molecular formula is C80H120O8. The molecule has 5 aliphatic rings. The summed E-state index contributed by atoms with van der Waals surface area (Å²) in [6.45, 7) is 18.6. The molecule has 0 saturated heterocycles. The van der Waals surface area contributed by atoms with Crippen LogP contribution in [-0.4, -0.2) is 27.2 Å². The van der Waals surface area contributed by atoms with Crippen LogP contribution in [0, 0.1) is 27.7 Å². The molecule has 4 aromatic carbocycles. The van der Waals surface area contributed by atoms with E-state index in [-0.39, 0.29) is 50.8 Å². The molecule has 0 unspecified atom stereocenters. The minimum Gasteiger partial charge on any atom is -0.457 e. The molecule has 0 atom stereocenters. The molecular weight excluding hydrogens is 1090 g/mol. The van der Waals surface area contributed by atoms with E-state index in [0.717, 1.165) is 120 Å². The molecule has 8 heteroatoms. The van der Waals surface area contributed by atoms with Gasteiger partial charge in [-0.15, -0.1) is 0 Å². The fraction of sp³-hybridized carbons (Fsp3) is 0.700. The van der Waals surface area contributed by atoms with Gasteiger partial charge in [0, 0.05) is 90.4 Å². The van der Waals surface area contributed by atoms with E-state index < -0.39 is 0 Å². The van der Waals surface area contributed by atoms with Gasteiger partial charge in [0.15, 0.2) is 0 Å². The van der Waals surface area contributed by atoms with Gasteiger partial charge in [-0.3, -0.25) is 0 Å². The van der Waals surface area contributed by atoms with Crippen LogP contribution >= 0.6 is 0 Å². The van der Waals surface area contributed by atoms with Crippen LogP contribution in [0.25, 0.3) is 0 Å². The van der Waals surface area contributed by atoms with Crippen molar-refractivity contribution in [1.29, 1.82) is 0 Å². The lowest BCUT2D eigenvalue weighted by Gasteiger charge is -2.37. The smallest absolute Gasteiger partial charge is 0.230 e. The Bertz CT molecular complexity index is 2280. The molecule has 8 nitrogen and oxygen atoms in total. The van der Waals surface area contributed by atoms with E-state index in [1.807, 2.05) is 0 Å². The van der Waals surface area contributed by atoms with Crippen LogP contribution in [0.1, 0.15) is 375 Å². The van der Waals surface area contributed by atoms with Crippen molar-refractivity contribution in [2.24, 2.45) is 0 Å². The van der Waals surface area contributed by atoms with Gasteiger partial charge in [-0.05, 0) is 77.6 Å². The van der Waals surface area contributed by atoms with Crippen molar-refractivity contribution in [3.8, 4) is 46.0 Å². The first-order valence-corrected chi connectivity index (χ1v) is 37.0. The van der Waals surface area contributed by atoms with Gasteiger partial charge >= 0.3 is 0 Å². The zero-order valence-corrected chi connectivity index (χ0v) is 57.0. The highest BCUT2D eigenvalue weighted by atomic mass is 16.7. The number of rotatable bonds is 40. The first-order valence-electron chi connectivity index (χ1n) is 37.0. The predicted molar refractivity (Wildman–Crippen MR) is 364 cm³/mol. The third-order valence-electron chi connectivity index (χ3n) is 21.1. The standard InChI is InChI=1S/C80H120O8/c1-9-13-17-21-25-29-33-37-41-45-61-65-49-67-62(46-42-38-34-30-26-22-18-14-10-2)69-51-71-64(48-44-40-36-32-28-24-20-16-12-4)72-52-70-63(47-43-39-35-31-27-23-19-15-11-3)68-50-66(61)74-58(6)76(68)84-55-86-78(70)60(8)80(72)88-56-87-79(71)59(7)77(69)85-54-83-75(67)57(5)73(65)81-53-82-74/h49-52,61-64H,9-48,53-56H2,1-8H3. The average molecular weight is 1210 g/mol. The number of benzene rings is 4. The molecule has 4 aliphatic heterocycles. The minimum absolute atomic E-state index is 0.00672. The molecule has 88 heavy (non-hydrogen) atoms. The van der Waals surface area contributed by atoms with Crippen LogP contribution in [-0.2, 0) is 0 Å². The Morgan fingerprint density at radius 1 is 0.216 bits per heavy atom. The third kappa shape index (κ3) is 17.1. The summed E-state index contributed by atoms with van der Waals surface area (Å²) < 4.78 is 56.3. The van der Waals surface area contributed by atoms with Crippen LogP contribution in [0.4, 0.5) is 0 Å². The molecule has 488 valence electrons. The van der Waals surface area contributed by atoms with Gasteiger partial charge in [-0.2, -0.15) is 0 Å². The first-order chi connectivity index (χ1) is 43.3. The number of ether oxygens (including phenoxy) is 8. The molecule has 0 aromatic heterocycles. The Balaban J connectivity index is 1.23. The molecule has 4 aromatic rings. The second-order valence-corrected chi connectivity index (χ2v) is 27.7. The first kappa shape index (κ1) is 67.7. The van der Waals surface area contributed by atoms with Gasteiger partial charge in [0.05, 0.1) is 0 Å². The minimum atomic E-state index is 0.00672. The van der Waals surface area contributed by atoms with Gasteiger partial charge in [0.2, 0.25) is 27.2 Å². The van der Waals surface area contributed by atoms with Crippen molar-refractivity contribution in [2.45, 2.75) is 336 Å². The zero-order valence-electron chi connectivity index (χ0n) is 57.0. The molecule has 0 amide bonds. The lowest BCUT2D eigenvalue weighted by molar-refractivity contribution is 0.0955. The van der Waals surface area contributed by atoms with Gasteiger partial charge in [-0.1, -0.05) is 259 Å². The molecule has 8 bridgehead atoms. The summed E-state index contributed by atoms with van der Waals surface area (Å²) in [5, 5.41) is 0. The van der Waals surface area contributed by atoms with E-state index in [0.29, 0.717) is 0 Å². The van der Waals surface area contributed by atoms with E-state index in [2.05, 4.69) is 79.7 Å². The van der Waals surface area contributed by atoms with Crippen LogP contribution < -0.4 is 37.9 Å². The largest absolute Gasteiger partial charge is 0.457 e. The normalized spacial score (nSPS) is 17.6. The molecule has 0 saturated carbocycles. The maximum atomic E-state index is 7.03. The van der Waals surface area contributed by atoms with Crippen molar-refractivity contribution >= 4 is 0 Å². The Labute approximate surface area is 535 Å². The second-order valence-electron chi connectivity index (χ2n) is 27.7. The molecule has 4 heterocycles.